The summed E-state index contributed by atoms with van der Waals surface area (Å²) in [6.07, 6.45) is 12.4. The van der Waals surface area contributed by atoms with Crippen molar-refractivity contribution in [1.29, 1.82) is 0 Å². The van der Waals surface area contributed by atoms with E-state index in [0.717, 1.165) is 32.1 Å². The van der Waals surface area contributed by atoms with E-state index in [-0.39, 0.29) is 18.9 Å². The van der Waals surface area contributed by atoms with Gasteiger partial charge in [0.25, 0.3) is 0 Å². The van der Waals surface area contributed by atoms with E-state index in [4.69, 9.17) is 18.9 Å². The van der Waals surface area contributed by atoms with Gasteiger partial charge in [0.1, 0.15) is 48.8 Å². The minimum Gasteiger partial charge on any atom is -0.394 e. The van der Waals surface area contributed by atoms with E-state index in [1.165, 1.54) is 77.0 Å². The Hall–Kier alpha value is -1.53. The van der Waals surface area contributed by atoms with Gasteiger partial charge in [0, 0.05) is 6.42 Å². The first-order valence-corrected chi connectivity index (χ1v) is 21.6. The lowest BCUT2D eigenvalue weighted by atomic mass is 9.97. The first-order chi connectivity index (χ1) is 27.1. The van der Waals surface area contributed by atoms with Gasteiger partial charge in [-0.2, -0.15) is 0 Å². The summed E-state index contributed by atoms with van der Waals surface area (Å²) < 4.78 is 22.5. The van der Waals surface area contributed by atoms with Crippen LogP contribution in [0.15, 0.2) is 24.3 Å². The molecule has 12 atom stereocenters. The van der Waals surface area contributed by atoms with Gasteiger partial charge in [-0.05, 0) is 32.1 Å². The molecule has 2 aliphatic heterocycles. The molecule has 0 saturated carbocycles. The summed E-state index contributed by atoms with van der Waals surface area (Å²) >= 11 is 0. The fraction of sp³-hybridized carbons (Fsp3) is 0.881. The van der Waals surface area contributed by atoms with E-state index in [1.54, 1.807) is 6.08 Å². The molecule has 2 saturated heterocycles. The van der Waals surface area contributed by atoms with Crippen LogP contribution in [0.5, 0.6) is 0 Å². The number of carbonyl (C=O) groups excluding carboxylic acids is 1. The van der Waals surface area contributed by atoms with Gasteiger partial charge in [-0.25, -0.2) is 0 Å². The molecule has 56 heavy (non-hydrogen) atoms. The lowest BCUT2D eigenvalue weighted by Crippen LogP contribution is -2.65. The summed E-state index contributed by atoms with van der Waals surface area (Å²) in [6, 6.07) is -0.922. The van der Waals surface area contributed by atoms with E-state index in [2.05, 4.69) is 31.3 Å². The number of ether oxygens (including phenoxy) is 4. The fourth-order valence-electron chi connectivity index (χ4n) is 7.01. The Labute approximate surface area is 335 Å². The van der Waals surface area contributed by atoms with Crippen LogP contribution in [0.4, 0.5) is 0 Å². The number of amides is 1. The zero-order valence-electron chi connectivity index (χ0n) is 34.1. The number of hydrogen-bond donors (Lipinski definition) is 9. The molecule has 0 bridgehead atoms. The molecular formula is C42H77NO13. The van der Waals surface area contributed by atoms with Crippen LogP contribution in [0.1, 0.15) is 142 Å². The Morgan fingerprint density at radius 1 is 0.625 bits per heavy atom. The smallest absolute Gasteiger partial charge is 0.220 e. The molecule has 9 N–H and O–H groups in total. The van der Waals surface area contributed by atoms with Gasteiger partial charge in [-0.15, -0.1) is 0 Å². The van der Waals surface area contributed by atoms with E-state index < -0.39 is 86.8 Å². The fourth-order valence-corrected chi connectivity index (χ4v) is 7.01. The van der Waals surface area contributed by atoms with Gasteiger partial charge in [0.2, 0.25) is 5.91 Å². The van der Waals surface area contributed by atoms with Crippen LogP contribution in [0.3, 0.4) is 0 Å². The third-order valence-corrected chi connectivity index (χ3v) is 10.6. The third-order valence-electron chi connectivity index (χ3n) is 10.6. The number of allylic oxidation sites excluding steroid dienone is 3. The predicted octanol–water partition coefficient (Wildman–Crippen LogP) is 3.43. The average molecular weight is 804 g/mol. The maximum atomic E-state index is 13.0. The van der Waals surface area contributed by atoms with Crippen molar-refractivity contribution in [2.75, 3.05) is 19.8 Å². The molecule has 12 unspecified atom stereocenters. The molecule has 0 spiro atoms. The number of aliphatic hydroxyl groups is 8. The summed E-state index contributed by atoms with van der Waals surface area (Å²) in [7, 11) is 0. The molecule has 2 heterocycles. The number of aliphatic hydroxyl groups excluding tert-OH is 8. The summed E-state index contributed by atoms with van der Waals surface area (Å²) in [5, 5.41) is 86.2. The lowest BCUT2D eigenvalue weighted by molar-refractivity contribution is -0.359. The Bertz CT molecular complexity index is 1050. The highest BCUT2D eigenvalue weighted by molar-refractivity contribution is 5.76. The highest BCUT2D eigenvalue weighted by atomic mass is 16.7. The summed E-state index contributed by atoms with van der Waals surface area (Å²) in [5.74, 6) is -0.256. The Morgan fingerprint density at radius 2 is 1.14 bits per heavy atom. The Balaban J connectivity index is 1.95. The second-order valence-electron chi connectivity index (χ2n) is 15.5. The molecule has 0 aromatic rings. The number of rotatable bonds is 31. The van der Waals surface area contributed by atoms with Crippen LogP contribution in [-0.2, 0) is 23.7 Å². The van der Waals surface area contributed by atoms with Crippen LogP contribution in [-0.4, -0.2) is 140 Å². The molecule has 14 heteroatoms. The molecule has 328 valence electrons. The summed E-state index contributed by atoms with van der Waals surface area (Å²) in [6.45, 7) is 2.69. The zero-order valence-corrected chi connectivity index (χ0v) is 34.1. The summed E-state index contributed by atoms with van der Waals surface area (Å²) in [5.41, 5.74) is 0. The number of unbranched alkanes of at least 4 members (excludes halogenated alkanes) is 16. The first kappa shape index (κ1) is 50.6. The molecule has 2 rings (SSSR count). The predicted molar refractivity (Wildman–Crippen MR) is 212 cm³/mol. The van der Waals surface area contributed by atoms with Crippen molar-refractivity contribution >= 4 is 5.91 Å². The second kappa shape index (κ2) is 30.5. The van der Waals surface area contributed by atoms with Gasteiger partial charge in [-0.3, -0.25) is 4.79 Å². The van der Waals surface area contributed by atoms with Gasteiger partial charge in [0.15, 0.2) is 12.6 Å². The van der Waals surface area contributed by atoms with Crippen molar-refractivity contribution in [3.63, 3.8) is 0 Å². The molecular weight excluding hydrogens is 726 g/mol. The van der Waals surface area contributed by atoms with Gasteiger partial charge in [0.05, 0.1) is 32.0 Å². The molecule has 0 aromatic carbocycles. The molecule has 1 amide bonds. The van der Waals surface area contributed by atoms with Crippen molar-refractivity contribution in [3.8, 4) is 0 Å². The average Bonchev–Trinajstić information content (AvgIpc) is 3.19. The quantitative estimate of drug-likeness (QED) is 0.0362. The number of hydrogen-bond acceptors (Lipinski definition) is 13. The zero-order chi connectivity index (χ0) is 41.1. The molecule has 0 aromatic heterocycles. The van der Waals surface area contributed by atoms with E-state index in [9.17, 15) is 45.6 Å². The van der Waals surface area contributed by atoms with Crippen LogP contribution in [0, 0.1) is 0 Å². The van der Waals surface area contributed by atoms with E-state index in [1.807, 2.05) is 6.08 Å². The van der Waals surface area contributed by atoms with Gasteiger partial charge < -0.3 is 65.1 Å². The molecule has 0 radical (unpaired) electrons. The highest BCUT2D eigenvalue weighted by Gasteiger charge is 2.50. The minimum atomic E-state index is -1.79. The van der Waals surface area contributed by atoms with Crippen LogP contribution in [0.2, 0.25) is 0 Å². The van der Waals surface area contributed by atoms with Crippen LogP contribution >= 0.6 is 0 Å². The van der Waals surface area contributed by atoms with Crippen LogP contribution < -0.4 is 5.32 Å². The maximum absolute atomic E-state index is 13.0. The minimum absolute atomic E-state index is 0.256. The monoisotopic (exact) mass is 804 g/mol. The van der Waals surface area contributed by atoms with Crippen molar-refractivity contribution < 1.29 is 64.6 Å². The van der Waals surface area contributed by atoms with Crippen molar-refractivity contribution in [2.24, 2.45) is 0 Å². The number of carbonyl (C=O) groups is 1. The second-order valence-corrected chi connectivity index (χ2v) is 15.5. The molecule has 0 aliphatic carbocycles. The van der Waals surface area contributed by atoms with Crippen molar-refractivity contribution in [2.45, 2.75) is 216 Å². The molecule has 14 nitrogen and oxygen atoms in total. The summed E-state index contributed by atoms with van der Waals surface area (Å²) in [4.78, 5) is 13.0. The topological polar surface area (TPSA) is 228 Å². The van der Waals surface area contributed by atoms with Crippen molar-refractivity contribution in [3.05, 3.63) is 24.3 Å². The molecule has 2 aliphatic rings. The van der Waals surface area contributed by atoms with Crippen molar-refractivity contribution in [1.82, 2.24) is 5.32 Å². The normalized spacial score (nSPS) is 29.6. The largest absolute Gasteiger partial charge is 0.394 e. The Kier molecular flexibility index (Phi) is 27.6. The first-order valence-electron chi connectivity index (χ1n) is 21.6. The third kappa shape index (κ3) is 19.0. The standard InChI is InChI=1S/C42H77NO13/c1-3-5-7-9-11-13-14-15-16-18-19-21-23-25-31(46)30(43-34(47)26-24-22-20-17-12-10-8-6-4-2)29-53-41-39(52)37(50)40(33(28-45)55-41)56-42-38(51)36(49)35(48)32(27-44)54-42/h16,18,23,25,30-33,35-42,44-46,48-52H,3-15,17,19-22,24,26-29H2,1-2H3,(H,43,47)/b18-16+,25-23+. The van der Waals surface area contributed by atoms with Crippen LogP contribution in [0.25, 0.3) is 0 Å². The Morgan fingerprint density at radius 3 is 1.75 bits per heavy atom. The van der Waals surface area contributed by atoms with Gasteiger partial charge >= 0.3 is 0 Å². The molecule has 2 fully saturated rings. The highest BCUT2D eigenvalue weighted by Crippen LogP contribution is 2.30. The maximum Gasteiger partial charge on any atom is 0.220 e. The SMILES string of the molecule is CCCCCCCCC/C=C/CC/C=C/C(O)C(COC1OC(CO)C(OC2OC(CO)C(O)C(O)C2O)C(O)C1O)NC(=O)CCCCCCCCCCC. The lowest BCUT2D eigenvalue weighted by Gasteiger charge is -2.46. The van der Waals surface area contributed by atoms with Gasteiger partial charge in [-0.1, -0.05) is 128 Å². The van der Waals surface area contributed by atoms with E-state index in [0.29, 0.717) is 12.8 Å². The number of nitrogens with one attached hydrogen (secondary N) is 1. The van der Waals surface area contributed by atoms with E-state index >= 15 is 0 Å².